The van der Waals surface area contributed by atoms with Gasteiger partial charge in [-0.15, -0.1) is 11.3 Å². The van der Waals surface area contributed by atoms with Crippen LogP contribution >= 0.6 is 22.9 Å². The topological polar surface area (TPSA) is 48.4 Å². The van der Waals surface area contributed by atoms with Gasteiger partial charge < -0.3 is 9.47 Å². The molecule has 0 aliphatic heterocycles. The Bertz CT molecular complexity index is 719. The number of esters is 1. The van der Waals surface area contributed by atoms with E-state index in [9.17, 15) is 4.79 Å². The molecule has 0 amide bonds. The third kappa shape index (κ3) is 4.69. The molecule has 124 valence electrons. The van der Waals surface area contributed by atoms with E-state index in [4.69, 9.17) is 21.1 Å². The van der Waals surface area contributed by atoms with Crippen LogP contribution in [0.5, 0.6) is 5.75 Å². The largest absolute Gasteiger partial charge is 0.496 e. The smallest absolute Gasteiger partial charge is 0.311 e. The Morgan fingerprint density at radius 3 is 2.65 bits per heavy atom. The van der Waals surface area contributed by atoms with E-state index < -0.39 is 5.60 Å². The van der Waals surface area contributed by atoms with Gasteiger partial charge in [0.15, 0.2) is 0 Å². The van der Waals surface area contributed by atoms with Crippen molar-refractivity contribution in [1.29, 1.82) is 0 Å². The van der Waals surface area contributed by atoms with Crippen LogP contribution in [-0.2, 0) is 16.0 Å². The Balaban J connectivity index is 2.38. The van der Waals surface area contributed by atoms with E-state index in [1.165, 1.54) is 11.3 Å². The Labute approximate surface area is 145 Å². The van der Waals surface area contributed by atoms with E-state index in [1.807, 2.05) is 27.7 Å². The van der Waals surface area contributed by atoms with E-state index in [2.05, 4.69) is 4.98 Å². The molecule has 4 nitrogen and oxygen atoms in total. The molecular weight excluding hydrogens is 334 g/mol. The Morgan fingerprint density at radius 1 is 1.35 bits per heavy atom. The minimum atomic E-state index is -0.509. The molecule has 0 saturated carbocycles. The molecule has 1 heterocycles. The van der Waals surface area contributed by atoms with Crippen LogP contribution in [0, 0.1) is 6.92 Å². The molecule has 0 aliphatic carbocycles. The molecule has 1 aromatic heterocycles. The van der Waals surface area contributed by atoms with Crippen LogP contribution in [-0.4, -0.2) is 23.7 Å². The molecule has 0 spiro atoms. The van der Waals surface area contributed by atoms with E-state index in [1.54, 1.807) is 25.3 Å². The highest BCUT2D eigenvalue weighted by molar-refractivity contribution is 7.12. The number of aryl methyl sites for hydroxylation is 1. The van der Waals surface area contributed by atoms with Crippen LogP contribution in [0.15, 0.2) is 18.2 Å². The Morgan fingerprint density at radius 2 is 2.04 bits per heavy atom. The van der Waals surface area contributed by atoms with Crippen LogP contribution in [0.3, 0.4) is 0 Å². The lowest BCUT2D eigenvalue weighted by Crippen LogP contribution is -2.24. The number of halogens is 1. The van der Waals surface area contributed by atoms with Gasteiger partial charge in [-0.05, 0) is 45.9 Å². The van der Waals surface area contributed by atoms with Crippen molar-refractivity contribution in [3.05, 3.63) is 33.1 Å². The van der Waals surface area contributed by atoms with E-state index in [0.717, 1.165) is 21.1 Å². The average molecular weight is 354 g/mol. The van der Waals surface area contributed by atoms with Gasteiger partial charge >= 0.3 is 5.97 Å². The molecule has 0 radical (unpaired) electrons. The van der Waals surface area contributed by atoms with Gasteiger partial charge in [0, 0.05) is 15.5 Å². The van der Waals surface area contributed by atoms with Crippen LogP contribution in [0.2, 0.25) is 5.02 Å². The number of carbonyl (C=O) groups excluding carboxylic acids is 1. The minimum Gasteiger partial charge on any atom is -0.496 e. The fourth-order valence-electron chi connectivity index (χ4n) is 2.17. The van der Waals surface area contributed by atoms with E-state index in [-0.39, 0.29) is 12.4 Å². The summed E-state index contributed by atoms with van der Waals surface area (Å²) < 4.78 is 10.8. The lowest BCUT2D eigenvalue weighted by molar-refractivity contribution is -0.153. The third-order valence-electron chi connectivity index (χ3n) is 2.95. The van der Waals surface area contributed by atoms with Gasteiger partial charge in [0.1, 0.15) is 11.4 Å². The highest BCUT2D eigenvalue weighted by Gasteiger charge is 2.22. The first-order valence-electron chi connectivity index (χ1n) is 7.21. The van der Waals surface area contributed by atoms with Gasteiger partial charge in [0.2, 0.25) is 0 Å². The number of benzene rings is 1. The number of rotatable bonds is 4. The zero-order valence-corrected chi connectivity index (χ0v) is 15.5. The molecule has 0 unspecified atom stereocenters. The van der Waals surface area contributed by atoms with Gasteiger partial charge in [-0.1, -0.05) is 11.6 Å². The molecule has 0 N–H and O–H groups in total. The maximum Gasteiger partial charge on any atom is 0.311 e. The van der Waals surface area contributed by atoms with Crippen molar-refractivity contribution >= 4 is 28.9 Å². The molecule has 1 aromatic carbocycles. The SMILES string of the molecule is COc1ccc(Cl)cc1-c1nc(C)sc1CC(=O)OC(C)(C)C. The first kappa shape index (κ1) is 17.8. The zero-order chi connectivity index (χ0) is 17.2. The van der Waals surface area contributed by atoms with Crippen molar-refractivity contribution in [2.24, 2.45) is 0 Å². The molecule has 0 saturated heterocycles. The number of carbonyl (C=O) groups is 1. The second-order valence-corrected chi connectivity index (χ2v) is 7.84. The predicted molar refractivity (Wildman–Crippen MR) is 93.4 cm³/mol. The number of hydrogen-bond donors (Lipinski definition) is 0. The maximum absolute atomic E-state index is 12.1. The highest BCUT2D eigenvalue weighted by atomic mass is 35.5. The second-order valence-electron chi connectivity index (χ2n) is 6.11. The standard InChI is InChI=1S/C17H20ClNO3S/c1-10-19-16(12-8-11(18)6-7-13(12)21-5)14(23-10)9-15(20)22-17(2,3)4/h6-8H,9H2,1-5H3. The summed E-state index contributed by atoms with van der Waals surface area (Å²) in [6.45, 7) is 7.46. The van der Waals surface area contributed by atoms with Crippen molar-refractivity contribution in [3.63, 3.8) is 0 Å². The zero-order valence-electron chi connectivity index (χ0n) is 13.9. The molecule has 0 aliphatic rings. The van der Waals surface area contributed by atoms with Crippen molar-refractivity contribution in [3.8, 4) is 17.0 Å². The van der Waals surface area contributed by atoms with Crippen molar-refractivity contribution < 1.29 is 14.3 Å². The number of aromatic nitrogens is 1. The molecule has 2 aromatic rings. The lowest BCUT2D eigenvalue weighted by Gasteiger charge is -2.19. The van der Waals surface area contributed by atoms with Crippen molar-refractivity contribution in [1.82, 2.24) is 4.98 Å². The lowest BCUT2D eigenvalue weighted by atomic mass is 10.1. The summed E-state index contributed by atoms with van der Waals surface area (Å²) in [6.07, 6.45) is 0.174. The molecule has 0 atom stereocenters. The summed E-state index contributed by atoms with van der Waals surface area (Å²) in [5, 5.41) is 1.47. The Hall–Kier alpha value is -1.59. The van der Waals surface area contributed by atoms with Gasteiger partial charge in [-0.2, -0.15) is 0 Å². The molecule has 6 heteroatoms. The van der Waals surface area contributed by atoms with Crippen LogP contribution in [0.25, 0.3) is 11.3 Å². The molecular formula is C17H20ClNO3S. The second kappa shape index (κ2) is 6.89. The summed E-state index contributed by atoms with van der Waals surface area (Å²) >= 11 is 7.58. The first-order valence-corrected chi connectivity index (χ1v) is 8.41. The fraction of sp³-hybridized carbons (Fsp3) is 0.412. The van der Waals surface area contributed by atoms with Crippen LogP contribution in [0.1, 0.15) is 30.7 Å². The maximum atomic E-state index is 12.1. The number of nitrogens with zero attached hydrogens (tertiary/aromatic N) is 1. The molecule has 0 bridgehead atoms. The number of ether oxygens (including phenoxy) is 2. The monoisotopic (exact) mass is 353 g/mol. The van der Waals surface area contributed by atoms with Crippen LogP contribution in [0.4, 0.5) is 0 Å². The molecule has 2 rings (SSSR count). The third-order valence-corrected chi connectivity index (χ3v) is 4.15. The van der Waals surface area contributed by atoms with E-state index >= 15 is 0 Å². The summed E-state index contributed by atoms with van der Waals surface area (Å²) in [5.74, 6) is 0.397. The first-order chi connectivity index (χ1) is 10.7. The van der Waals surface area contributed by atoms with Gasteiger partial charge in [0.05, 0.1) is 24.2 Å². The van der Waals surface area contributed by atoms with Crippen LogP contribution < -0.4 is 4.74 Å². The highest BCUT2D eigenvalue weighted by Crippen LogP contribution is 2.36. The normalized spacial score (nSPS) is 11.4. The van der Waals surface area contributed by atoms with Crippen molar-refractivity contribution in [2.45, 2.75) is 39.7 Å². The summed E-state index contributed by atoms with van der Waals surface area (Å²) in [4.78, 5) is 17.5. The van der Waals surface area contributed by atoms with Crippen molar-refractivity contribution in [2.75, 3.05) is 7.11 Å². The number of methoxy groups -OCH3 is 1. The van der Waals surface area contributed by atoms with Gasteiger partial charge in [0.25, 0.3) is 0 Å². The van der Waals surface area contributed by atoms with Gasteiger partial charge in [-0.3, -0.25) is 4.79 Å². The summed E-state index contributed by atoms with van der Waals surface area (Å²) in [6, 6.07) is 5.35. The predicted octanol–water partition coefficient (Wildman–Crippen LogP) is 4.66. The minimum absolute atomic E-state index is 0.174. The molecule has 0 fully saturated rings. The number of thiazole rings is 1. The quantitative estimate of drug-likeness (QED) is 0.750. The van der Waals surface area contributed by atoms with Gasteiger partial charge in [-0.25, -0.2) is 4.98 Å². The Kier molecular flexibility index (Phi) is 5.32. The summed E-state index contributed by atoms with van der Waals surface area (Å²) in [7, 11) is 1.60. The molecule has 23 heavy (non-hydrogen) atoms. The fourth-order valence-corrected chi connectivity index (χ4v) is 3.28. The average Bonchev–Trinajstić information content (AvgIpc) is 2.77. The summed E-state index contributed by atoms with van der Waals surface area (Å²) in [5.41, 5.74) is 0.991. The van der Waals surface area contributed by atoms with E-state index in [0.29, 0.717) is 10.8 Å². The number of hydrogen-bond acceptors (Lipinski definition) is 5.